The lowest BCUT2D eigenvalue weighted by atomic mass is 10.2. The molecule has 1 aliphatic rings. The Morgan fingerprint density at radius 2 is 1.60 bits per heavy atom. The van der Waals surface area contributed by atoms with E-state index in [0.29, 0.717) is 37.3 Å². The molecule has 1 heterocycles. The first-order valence-corrected chi connectivity index (χ1v) is 8.85. The standard InChI is InChI=1S/C17H8Cl3NO3S/c18-11-4-1-9(2-5-11)15(22)21-16(23)14(25-17(21)24)7-10-3-6-12(19)8-13(10)20/h1-8H. The largest absolute Gasteiger partial charge is 0.300 e. The van der Waals surface area contributed by atoms with E-state index >= 15 is 0 Å². The van der Waals surface area contributed by atoms with Crippen LogP contribution in [-0.2, 0) is 4.79 Å². The summed E-state index contributed by atoms with van der Waals surface area (Å²) in [5.74, 6) is -1.40. The van der Waals surface area contributed by atoms with E-state index in [2.05, 4.69) is 0 Å². The first-order valence-electron chi connectivity index (χ1n) is 6.90. The van der Waals surface area contributed by atoms with Crippen LogP contribution in [0.4, 0.5) is 4.79 Å². The van der Waals surface area contributed by atoms with Crippen molar-refractivity contribution < 1.29 is 14.4 Å². The zero-order valence-electron chi connectivity index (χ0n) is 12.3. The predicted octanol–water partition coefficient (Wildman–Crippen LogP) is 5.52. The van der Waals surface area contributed by atoms with Crippen molar-refractivity contribution in [1.29, 1.82) is 0 Å². The summed E-state index contributed by atoms with van der Waals surface area (Å²) in [7, 11) is 0. The molecule has 0 N–H and O–H groups in total. The summed E-state index contributed by atoms with van der Waals surface area (Å²) in [5, 5.41) is 0.570. The van der Waals surface area contributed by atoms with Gasteiger partial charge in [-0.3, -0.25) is 14.4 Å². The summed E-state index contributed by atoms with van der Waals surface area (Å²) >= 11 is 18.4. The van der Waals surface area contributed by atoms with Gasteiger partial charge in [0.15, 0.2) is 0 Å². The number of carbonyl (C=O) groups excluding carboxylic acids is 3. The van der Waals surface area contributed by atoms with Crippen molar-refractivity contribution >= 4 is 69.7 Å². The molecule has 0 radical (unpaired) electrons. The monoisotopic (exact) mass is 411 g/mol. The molecule has 4 nitrogen and oxygen atoms in total. The molecule has 2 aromatic rings. The van der Waals surface area contributed by atoms with Crippen molar-refractivity contribution in [1.82, 2.24) is 4.90 Å². The van der Waals surface area contributed by atoms with Crippen LogP contribution in [-0.4, -0.2) is 22.0 Å². The third kappa shape index (κ3) is 3.75. The van der Waals surface area contributed by atoms with Crippen molar-refractivity contribution in [2.24, 2.45) is 0 Å². The van der Waals surface area contributed by atoms with E-state index < -0.39 is 17.1 Å². The van der Waals surface area contributed by atoms with Gasteiger partial charge in [0.2, 0.25) is 0 Å². The van der Waals surface area contributed by atoms with Gasteiger partial charge in [0.1, 0.15) is 0 Å². The molecule has 0 saturated carbocycles. The van der Waals surface area contributed by atoms with E-state index in [0.717, 1.165) is 0 Å². The lowest BCUT2D eigenvalue weighted by Gasteiger charge is -2.10. The third-order valence-corrected chi connectivity index (χ3v) is 5.02. The summed E-state index contributed by atoms with van der Waals surface area (Å²) in [6, 6.07) is 10.7. The van der Waals surface area contributed by atoms with Crippen LogP contribution in [0.15, 0.2) is 47.4 Å². The molecule has 0 bridgehead atoms. The van der Waals surface area contributed by atoms with Gasteiger partial charge in [0, 0.05) is 20.6 Å². The SMILES string of the molecule is O=C1SC(=Cc2ccc(Cl)cc2Cl)C(=O)N1C(=O)c1ccc(Cl)cc1. The number of amides is 3. The van der Waals surface area contributed by atoms with E-state index in [1.54, 1.807) is 12.1 Å². The molecule has 1 fully saturated rings. The highest BCUT2D eigenvalue weighted by Gasteiger charge is 2.40. The fraction of sp³-hybridized carbons (Fsp3) is 0. The number of rotatable bonds is 2. The first kappa shape index (κ1) is 18.0. The molecule has 126 valence electrons. The van der Waals surface area contributed by atoms with Crippen molar-refractivity contribution in [3.8, 4) is 0 Å². The second kappa shape index (κ2) is 7.22. The second-order valence-corrected chi connectivity index (χ2v) is 7.27. The molecule has 3 amide bonds. The number of carbonyl (C=O) groups is 3. The van der Waals surface area contributed by atoms with Crippen LogP contribution in [0.1, 0.15) is 15.9 Å². The molecule has 0 unspecified atom stereocenters. The molecule has 0 atom stereocenters. The van der Waals surface area contributed by atoms with E-state index in [1.165, 1.54) is 36.4 Å². The highest BCUT2D eigenvalue weighted by molar-refractivity contribution is 8.18. The Bertz CT molecular complexity index is 925. The minimum absolute atomic E-state index is 0.108. The van der Waals surface area contributed by atoms with E-state index in [9.17, 15) is 14.4 Å². The maximum atomic E-state index is 12.5. The topological polar surface area (TPSA) is 54.5 Å². The smallest absolute Gasteiger partial charge is 0.268 e. The summed E-state index contributed by atoms with van der Waals surface area (Å²) in [5.41, 5.74) is 0.716. The number of nitrogens with zero attached hydrogens (tertiary/aromatic N) is 1. The first-order chi connectivity index (χ1) is 11.9. The molecule has 0 spiro atoms. The van der Waals surface area contributed by atoms with Gasteiger partial charge in [-0.05, 0) is 59.8 Å². The van der Waals surface area contributed by atoms with Crippen molar-refractivity contribution in [3.05, 3.63) is 73.6 Å². The molecule has 1 saturated heterocycles. The number of halogens is 3. The van der Waals surface area contributed by atoms with Crippen LogP contribution in [0.5, 0.6) is 0 Å². The maximum absolute atomic E-state index is 12.5. The lowest BCUT2D eigenvalue weighted by Crippen LogP contribution is -2.34. The average Bonchev–Trinajstić information content (AvgIpc) is 2.84. The van der Waals surface area contributed by atoms with E-state index in [1.807, 2.05) is 0 Å². The average molecular weight is 413 g/mol. The summed E-state index contributed by atoms with van der Waals surface area (Å²) in [6.07, 6.45) is 1.46. The van der Waals surface area contributed by atoms with Gasteiger partial charge < -0.3 is 0 Å². The Hall–Kier alpha value is -1.79. The Kier molecular flexibility index (Phi) is 5.20. The molecule has 0 aliphatic carbocycles. The highest BCUT2D eigenvalue weighted by Crippen LogP contribution is 2.35. The Balaban J connectivity index is 1.90. The maximum Gasteiger partial charge on any atom is 0.300 e. The summed E-state index contributed by atoms with van der Waals surface area (Å²) in [4.78, 5) is 37.8. The van der Waals surface area contributed by atoms with Crippen LogP contribution < -0.4 is 0 Å². The minimum atomic E-state index is -0.704. The van der Waals surface area contributed by atoms with Crippen molar-refractivity contribution in [2.45, 2.75) is 0 Å². The second-order valence-electron chi connectivity index (χ2n) is 5.00. The van der Waals surface area contributed by atoms with Gasteiger partial charge in [0.25, 0.3) is 11.8 Å². The number of imide groups is 3. The van der Waals surface area contributed by atoms with Gasteiger partial charge in [-0.25, -0.2) is 4.90 Å². The van der Waals surface area contributed by atoms with Gasteiger partial charge in [0.05, 0.1) is 4.91 Å². The molecule has 25 heavy (non-hydrogen) atoms. The predicted molar refractivity (Wildman–Crippen MR) is 100 cm³/mol. The number of hydrogen-bond acceptors (Lipinski definition) is 4. The van der Waals surface area contributed by atoms with Gasteiger partial charge in [-0.15, -0.1) is 0 Å². The highest BCUT2D eigenvalue weighted by atomic mass is 35.5. The fourth-order valence-electron chi connectivity index (χ4n) is 2.12. The molecule has 2 aromatic carbocycles. The number of thioether (sulfide) groups is 1. The van der Waals surface area contributed by atoms with Crippen LogP contribution in [0.3, 0.4) is 0 Å². The zero-order valence-corrected chi connectivity index (χ0v) is 15.4. The summed E-state index contributed by atoms with van der Waals surface area (Å²) < 4.78 is 0. The van der Waals surface area contributed by atoms with Crippen LogP contribution >= 0.6 is 46.6 Å². The van der Waals surface area contributed by atoms with E-state index in [4.69, 9.17) is 34.8 Å². The van der Waals surface area contributed by atoms with Crippen LogP contribution in [0.2, 0.25) is 15.1 Å². The Morgan fingerprint density at radius 1 is 0.960 bits per heavy atom. The normalized spacial score (nSPS) is 16.0. The fourth-order valence-corrected chi connectivity index (χ4v) is 3.52. The quantitative estimate of drug-likeness (QED) is 0.481. The summed E-state index contributed by atoms with van der Waals surface area (Å²) in [6.45, 7) is 0. The zero-order chi connectivity index (χ0) is 18.1. The number of benzene rings is 2. The van der Waals surface area contributed by atoms with Crippen molar-refractivity contribution in [3.63, 3.8) is 0 Å². The van der Waals surface area contributed by atoms with Gasteiger partial charge >= 0.3 is 5.24 Å². The Labute approximate surface area is 162 Å². The third-order valence-electron chi connectivity index (χ3n) is 3.34. The molecule has 3 rings (SSSR count). The van der Waals surface area contributed by atoms with Crippen LogP contribution in [0, 0.1) is 0 Å². The Morgan fingerprint density at radius 3 is 2.24 bits per heavy atom. The van der Waals surface area contributed by atoms with Crippen LogP contribution in [0.25, 0.3) is 6.08 Å². The molecule has 0 aromatic heterocycles. The molecular weight excluding hydrogens is 405 g/mol. The van der Waals surface area contributed by atoms with E-state index in [-0.39, 0.29) is 10.5 Å². The minimum Gasteiger partial charge on any atom is -0.268 e. The van der Waals surface area contributed by atoms with Gasteiger partial charge in [-0.2, -0.15) is 0 Å². The number of hydrogen-bond donors (Lipinski definition) is 0. The lowest BCUT2D eigenvalue weighted by molar-refractivity contribution is -0.120. The molecule has 8 heteroatoms. The van der Waals surface area contributed by atoms with Gasteiger partial charge in [-0.1, -0.05) is 40.9 Å². The molecular formula is C17H8Cl3NO3S. The van der Waals surface area contributed by atoms with Crippen molar-refractivity contribution in [2.75, 3.05) is 0 Å². The molecule has 1 aliphatic heterocycles.